The van der Waals surface area contributed by atoms with Gasteiger partial charge in [-0.3, -0.25) is 9.13 Å². The molecule has 1 aliphatic rings. The third kappa shape index (κ3) is 2.94. The van der Waals surface area contributed by atoms with Crippen LogP contribution < -0.4 is 5.69 Å². The number of nitrogens with zero attached hydrogens (tertiary/aromatic N) is 3. The van der Waals surface area contributed by atoms with Crippen molar-refractivity contribution in [3.05, 3.63) is 28.3 Å². The quantitative estimate of drug-likeness (QED) is 0.947. The molecule has 0 radical (unpaired) electrons. The second-order valence-corrected chi connectivity index (χ2v) is 8.67. The first-order valence-corrected chi connectivity index (χ1v) is 8.27. The summed E-state index contributed by atoms with van der Waals surface area (Å²) in [5.41, 5.74) is 1.93. The highest BCUT2D eigenvalue weighted by molar-refractivity contribution is 5.72. The van der Waals surface area contributed by atoms with Crippen LogP contribution in [0, 0.1) is 11.3 Å². The minimum Gasteiger partial charge on any atom is -0.390 e. The molecule has 1 saturated carbocycles. The fourth-order valence-corrected chi connectivity index (χ4v) is 3.42. The predicted octanol–water partition coefficient (Wildman–Crippen LogP) is 2.66. The van der Waals surface area contributed by atoms with E-state index in [1.807, 2.05) is 30.5 Å². The monoisotopic (exact) mass is 317 g/mol. The van der Waals surface area contributed by atoms with Crippen molar-refractivity contribution >= 4 is 11.2 Å². The average Bonchev–Trinajstić information content (AvgIpc) is 3.18. The van der Waals surface area contributed by atoms with Gasteiger partial charge >= 0.3 is 5.69 Å². The van der Waals surface area contributed by atoms with E-state index in [4.69, 9.17) is 4.98 Å². The first kappa shape index (κ1) is 16.2. The molecule has 5 nitrogen and oxygen atoms in total. The number of imidazole rings is 1. The number of hydrogen-bond acceptors (Lipinski definition) is 3. The summed E-state index contributed by atoms with van der Waals surface area (Å²) in [6.45, 7) is 10.7. The van der Waals surface area contributed by atoms with Gasteiger partial charge in [-0.25, -0.2) is 9.78 Å². The van der Waals surface area contributed by atoms with Crippen LogP contribution in [0.25, 0.3) is 11.2 Å². The van der Waals surface area contributed by atoms with E-state index in [1.54, 1.807) is 11.6 Å². The molecule has 2 aromatic heterocycles. The van der Waals surface area contributed by atoms with Crippen LogP contribution in [0.4, 0.5) is 0 Å². The first-order valence-electron chi connectivity index (χ1n) is 8.27. The van der Waals surface area contributed by atoms with E-state index in [-0.39, 0.29) is 17.0 Å². The zero-order valence-electron chi connectivity index (χ0n) is 14.9. The van der Waals surface area contributed by atoms with Gasteiger partial charge in [-0.2, -0.15) is 0 Å². The molecule has 1 fully saturated rings. The summed E-state index contributed by atoms with van der Waals surface area (Å²) in [6.07, 6.45) is 0.957. The van der Waals surface area contributed by atoms with E-state index in [2.05, 4.69) is 20.8 Å². The van der Waals surface area contributed by atoms with Gasteiger partial charge in [0.1, 0.15) is 0 Å². The van der Waals surface area contributed by atoms with Crippen molar-refractivity contribution in [2.45, 2.75) is 59.1 Å². The topological polar surface area (TPSA) is 60.0 Å². The number of pyridine rings is 1. The highest BCUT2D eigenvalue weighted by Crippen LogP contribution is 2.52. The third-order valence-electron chi connectivity index (χ3n) is 4.71. The molecule has 0 amide bonds. The normalized spacial score (nSPS) is 21.9. The highest BCUT2D eigenvalue weighted by Gasteiger charge is 2.48. The minimum atomic E-state index is -0.675. The molecule has 1 aliphatic carbocycles. The van der Waals surface area contributed by atoms with Crippen molar-refractivity contribution in [3.8, 4) is 0 Å². The molecule has 1 N–H and O–H groups in total. The van der Waals surface area contributed by atoms with Crippen molar-refractivity contribution in [3.63, 3.8) is 0 Å². The molecule has 5 heteroatoms. The number of aryl methyl sites for hydroxylation is 1. The molecule has 2 aromatic rings. The fourth-order valence-electron chi connectivity index (χ4n) is 3.42. The van der Waals surface area contributed by atoms with Gasteiger partial charge in [0.05, 0.1) is 11.1 Å². The Morgan fingerprint density at radius 1 is 1.26 bits per heavy atom. The minimum absolute atomic E-state index is 0.0191. The third-order valence-corrected chi connectivity index (χ3v) is 4.71. The van der Waals surface area contributed by atoms with Gasteiger partial charge in [-0.15, -0.1) is 0 Å². The maximum atomic E-state index is 12.5. The molecular formula is C18H27N3O2. The lowest BCUT2D eigenvalue weighted by Crippen LogP contribution is -2.27. The second kappa shape index (κ2) is 4.94. The standard InChI is InChI=1S/C18H27N3O2/c1-17(2,3)10-21-14-8-7-13(11-9-12(11)18(4,5)23)19-15(14)20(6)16(21)22/h7-8,11-12,23H,9-10H2,1-6H3/t11-,12?/m1/s1. The largest absolute Gasteiger partial charge is 0.390 e. The van der Waals surface area contributed by atoms with Crippen LogP contribution in [0.15, 0.2) is 16.9 Å². The smallest absolute Gasteiger partial charge is 0.330 e. The summed E-state index contributed by atoms with van der Waals surface area (Å²) in [5.74, 6) is 0.543. The molecule has 23 heavy (non-hydrogen) atoms. The lowest BCUT2D eigenvalue weighted by molar-refractivity contribution is 0.0545. The fraction of sp³-hybridized carbons (Fsp3) is 0.667. The molecule has 0 spiro atoms. The zero-order valence-corrected chi connectivity index (χ0v) is 14.9. The van der Waals surface area contributed by atoms with Crippen molar-refractivity contribution < 1.29 is 5.11 Å². The Labute approximate surface area is 137 Å². The molecular weight excluding hydrogens is 290 g/mol. The van der Waals surface area contributed by atoms with Gasteiger partial charge in [0.15, 0.2) is 5.65 Å². The van der Waals surface area contributed by atoms with Crippen LogP contribution in [-0.4, -0.2) is 24.8 Å². The van der Waals surface area contributed by atoms with Crippen LogP contribution in [0.5, 0.6) is 0 Å². The lowest BCUT2D eigenvalue weighted by Gasteiger charge is -2.18. The Hall–Kier alpha value is -1.62. The zero-order chi connectivity index (χ0) is 17.2. The van der Waals surface area contributed by atoms with E-state index in [1.165, 1.54) is 0 Å². The van der Waals surface area contributed by atoms with Crippen molar-refractivity contribution in [1.29, 1.82) is 0 Å². The maximum absolute atomic E-state index is 12.5. The van der Waals surface area contributed by atoms with Gasteiger partial charge < -0.3 is 5.11 Å². The van der Waals surface area contributed by atoms with Gasteiger partial charge in [0, 0.05) is 25.2 Å². The SMILES string of the molecule is Cn1c(=O)n(CC(C)(C)C)c2ccc([C@@H]3CC3C(C)(C)O)nc21. The molecule has 0 aromatic carbocycles. The Morgan fingerprint density at radius 3 is 2.43 bits per heavy atom. The first-order chi connectivity index (χ1) is 10.5. The highest BCUT2D eigenvalue weighted by atomic mass is 16.3. The number of fused-ring (bicyclic) bond motifs is 1. The number of hydrogen-bond donors (Lipinski definition) is 1. The Kier molecular flexibility index (Phi) is 3.49. The summed E-state index contributed by atoms with van der Waals surface area (Å²) in [5, 5.41) is 10.1. The molecule has 126 valence electrons. The van der Waals surface area contributed by atoms with Crippen LogP contribution in [0.3, 0.4) is 0 Å². The van der Waals surface area contributed by atoms with Gasteiger partial charge in [-0.05, 0) is 43.7 Å². The summed E-state index contributed by atoms with van der Waals surface area (Å²) < 4.78 is 3.44. The molecule has 1 unspecified atom stereocenters. The molecule has 0 saturated heterocycles. The van der Waals surface area contributed by atoms with Crippen LogP contribution >= 0.6 is 0 Å². The van der Waals surface area contributed by atoms with E-state index < -0.39 is 5.60 Å². The van der Waals surface area contributed by atoms with Crippen LogP contribution in [-0.2, 0) is 13.6 Å². The average molecular weight is 317 g/mol. The van der Waals surface area contributed by atoms with Crippen molar-refractivity contribution in [2.24, 2.45) is 18.4 Å². The van der Waals surface area contributed by atoms with E-state index in [0.717, 1.165) is 23.3 Å². The molecule has 0 bridgehead atoms. The Bertz CT molecular complexity index is 802. The molecule has 2 atom stereocenters. The van der Waals surface area contributed by atoms with Crippen molar-refractivity contribution in [2.75, 3.05) is 0 Å². The molecule has 3 rings (SSSR count). The lowest BCUT2D eigenvalue weighted by atomic mass is 9.97. The summed E-state index contributed by atoms with van der Waals surface area (Å²) >= 11 is 0. The van der Waals surface area contributed by atoms with Gasteiger partial charge in [0.2, 0.25) is 0 Å². The number of aromatic nitrogens is 3. The predicted molar refractivity (Wildman–Crippen MR) is 91.6 cm³/mol. The maximum Gasteiger partial charge on any atom is 0.330 e. The number of rotatable bonds is 3. The molecule has 2 heterocycles. The van der Waals surface area contributed by atoms with Crippen LogP contribution in [0.1, 0.15) is 52.7 Å². The number of aliphatic hydroxyl groups is 1. The summed E-state index contributed by atoms with van der Waals surface area (Å²) in [6, 6.07) is 4.02. The van der Waals surface area contributed by atoms with E-state index in [9.17, 15) is 9.90 Å². The Balaban J connectivity index is 2.02. The van der Waals surface area contributed by atoms with E-state index >= 15 is 0 Å². The van der Waals surface area contributed by atoms with Gasteiger partial charge in [0.25, 0.3) is 0 Å². The Morgan fingerprint density at radius 2 is 1.91 bits per heavy atom. The van der Waals surface area contributed by atoms with Gasteiger partial charge in [-0.1, -0.05) is 20.8 Å². The van der Waals surface area contributed by atoms with Crippen molar-refractivity contribution in [1.82, 2.24) is 14.1 Å². The second-order valence-electron chi connectivity index (χ2n) is 8.67. The summed E-state index contributed by atoms with van der Waals surface area (Å²) in [4.78, 5) is 17.3. The summed E-state index contributed by atoms with van der Waals surface area (Å²) in [7, 11) is 1.78. The van der Waals surface area contributed by atoms with E-state index in [0.29, 0.717) is 12.5 Å². The van der Waals surface area contributed by atoms with Crippen LogP contribution in [0.2, 0.25) is 0 Å². The molecule has 0 aliphatic heterocycles.